The molecule has 1 aromatic heterocycles. The van der Waals surface area contributed by atoms with Gasteiger partial charge in [0.2, 0.25) is 5.13 Å². The minimum Gasteiger partial charge on any atom is -0.396 e. The molecular weight excluding hydrogens is 236 g/mol. The van der Waals surface area contributed by atoms with Crippen molar-refractivity contribution in [3.05, 3.63) is 5.01 Å². The summed E-state index contributed by atoms with van der Waals surface area (Å²) in [6, 6.07) is 0. The second-order valence-corrected chi connectivity index (χ2v) is 5.50. The molecule has 5 nitrogen and oxygen atoms in total. The topological polar surface area (TPSA) is 61.3 Å². The van der Waals surface area contributed by atoms with Crippen molar-refractivity contribution in [2.45, 2.75) is 26.3 Å². The number of rotatable bonds is 6. The van der Waals surface area contributed by atoms with Gasteiger partial charge >= 0.3 is 0 Å². The van der Waals surface area contributed by atoms with E-state index in [2.05, 4.69) is 27.3 Å². The van der Waals surface area contributed by atoms with E-state index < -0.39 is 0 Å². The molecule has 2 heterocycles. The van der Waals surface area contributed by atoms with Crippen molar-refractivity contribution >= 4 is 16.5 Å². The third-order valence-electron chi connectivity index (χ3n) is 3.06. The average Bonchev–Trinajstić information content (AvgIpc) is 2.91. The summed E-state index contributed by atoms with van der Waals surface area (Å²) in [5.74, 6) is 0.654. The third kappa shape index (κ3) is 3.62. The quantitative estimate of drug-likeness (QED) is 0.800. The highest BCUT2D eigenvalue weighted by Gasteiger charge is 2.22. The van der Waals surface area contributed by atoms with E-state index in [-0.39, 0.29) is 0 Å². The van der Waals surface area contributed by atoms with Gasteiger partial charge in [-0.3, -0.25) is 4.90 Å². The number of aliphatic hydroxyl groups is 1. The number of hydrogen-bond acceptors (Lipinski definition) is 6. The summed E-state index contributed by atoms with van der Waals surface area (Å²) in [6.07, 6.45) is 2.12. The normalized spacial score (nSPS) is 20.9. The maximum absolute atomic E-state index is 8.92. The Morgan fingerprint density at radius 3 is 3.18 bits per heavy atom. The van der Waals surface area contributed by atoms with Crippen LogP contribution in [0.2, 0.25) is 0 Å². The molecule has 6 heteroatoms. The van der Waals surface area contributed by atoms with Gasteiger partial charge in [0, 0.05) is 19.7 Å². The molecule has 1 fully saturated rings. The zero-order valence-corrected chi connectivity index (χ0v) is 11.0. The standard InChI is InChI=1S/C11H20N4OS/c1-2-12-11-14-13-10(17-11)8-15-5-3-9(7-15)4-6-16/h9,16H,2-8H2,1H3,(H,12,14). The first kappa shape index (κ1) is 12.7. The Balaban J connectivity index is 1.80. The van der Waals surface area contributed by atoms with Gasteiger partial charge in [0.25, 0.3) is 0 Å². The molecule has 1 aliphatic heterocycles. The summed E-state index contributed by atoms with van der Waals surface area (Å²) in [4.78, 5) is 2.40. The summed E-state index contributed by atoms with van der Waals surface area (Å²) in [5, 5.41) is 22.4. The van der Waals surface area contributed by atoms with Gasteiger partial charge in [-0.05, 0) is 32.2 Å². The van der Waals surface area contributed by atoms with Crippen molar-refractivity contribution in [3.63, 3.8) is 0 Å². The van der Waals surface area contributed by atoms with Crippen LogP contribution in [-0.2, 0) is 6.54 Å². The lowest BCUT2D eigenvalue weighted by Gasteiger charge is -2.13. The van der Waals surface area contributed by atoms with E-state index >= 15 is 0 Å². The molecule has 1 saturated heterocycles. The van der Waals surface area contributed by atoms with E-state index in [1.54, 1.807) is 11.3 Å². The molecule has 0 amide bonds. The van der Waals surface area contributed by atoms with E-state index in [4.69, 9.17) is 5.11 Å². The van der Waals surface area contributed by atoms with Gasteiger partial charge in [-0.25, -0.2) is 0 Å². The van der Waals surface area contributed by atoms with Crippen LogP contribution in [0.3, 0.4) is 0 Å². The first-order valence-corrected chi connectivity index (χ1v) is 7.03. The molecule has 96 valence electrons. The zero-order chi connectivity index (χ0) is 12.1. The number of aromatic nitrogens is 2. The lowest BCUT2D eigenvalue weighted by molar-refractivity contribution is 0.249. The molecule has 1 atom stereocenters. The van der Waals surface area contributed by atoms with Crippen molar-refractivity contribution in [2.75, 3.05) is 31.6 Å². The average molecular weight is 256 g/mol. The number of nitrogens with zero attached hydrogens (tertiary/aromatic N) is 3. The van der Waals surface area contributed by atoms with Crippen LogP contribution < -0.4 is 5.32 Å². The van der Waals surface area contributed by atoms with Gasteiger partial charge in [0.05, 0.1) is 6.54 Å². The van der Waals surface area contributed by atoms with Gasteiger partial charge in [-0.2, -0.15) is 0 Å². The maximum Gasteiger partial charge on any atom is 0.205 e. The maximum atomic E-state index is 8.92. The minimum atomic E-state index is 0.307. The second kappa shape index (κ2) is 6.28. The summed E-state index contributed by atoms with van der Waals surface area (Å²) in [7, 11) is 0. The van der Waals surface area contributed by atoms with E-state index in [0.717, 1.165) is 42.7 Å². The Bertz CT molecular complexity index is 344. The smallest absolute Gasteiger partial charge is 0.205 e. The number of likely N-dealkylation sites (tertiary alicyclic amines) is 1. The van der Waals surface area contributed by atoms with Gasteiger partial charge in [0.1, 0.15) is 5.01 Å². The lowest BCUT2D eigenvalue weighted by atomic mass is 10.1. The molecule has 0 aromatic carbocycles. The largest absolute Gasteiger partial charge is 0.396 e. The lowest BCUT2D eigenvalue weighted by Crippen LogP contribution is -2.20. The van der Waals surface area contributed by atoms with Crippen LogP contribution in [0, 0.1) is 5.92 Å². The SMILES string of the molecule is CCNc1nnc(CN2CCC(CCO)C2)s1. The first-order valence-electron chi connectivity index (χ1n) is 6.21. The minimum absolute atomic E-state index is 0.307. The Kier molecular flexibility index (Phi) is 4.70. The van der Waals surface area contributed by atoms with Gasteiger partial charge in [-0.15, -0.1) is 10.2 Å². The van der Waals surface area contributed by atoms with E-state index in [9.17, 15) is 0 Å². The number of anilines is 1. The molecule has 17 heavy (non-hydrogen) atoms. The molecule has 1 aromatic rings. The fourth-order valence-corrected chi connectivity index (χ4v) is 3.06. The Hall–Kier alpha value is -0.720. The summed E-state index contributed by atoms with van der Waals surface area (Å²) >= 11 is 1.63. The van der Waals surface area contributed by atoms with Crippen molar-refractivity contribution in [3.8, 4) is 0 Å². The molecule has 0 radical (unpaired) electrons. The monoisotopic (exact) mass is 256 g/mol. The number of aliphatic hydroxyl groups excluding tert-OH is 1. The van der Waals surface area contributed by atoms with Crippen LogP contribution in [0.5, 0.6) is 0 Å². The predicted octanol–water partition coefficient (Wildman–Crippen LogP) is 1.17. The fraction of sp³-hybridized carbons (Fsp3) is 0.818. The predicted molar refractivity (Wildman–Crippen MR) is 69.2 cm³/mol. The molecule has 0 bridgehead atoms. The van der Waals surface area contributed by atoms with Gasteiger partial charge < -0.3 is 10.4 Å². The van der Waals surface area contributed by atoms with Crippen LogP contribution in [0.25, 0.3) is 0 Å². The van der Waals surface area contributed by atoms with E-state index in [1.807, 2.05) is 0 Å². The van der Waals surface area contributed by atoms with Crippen molar-refractivity contribution in [1.29, 1.82) is 0 Å². The first-order chi connectivity index (χ1) is 8.31. The van der Waals surface area contributed by atoms with Crippen molar-refractivity contribution in [2.24, 2.45) is 5.92 Å². The molecule has 0 saturated carbocycles. The van der Waals surface area contributed by atoms with Crippen LogP contribution in [0.15, 0.2) is 0 Å². The fourth-order valence-electron chi connectivity index (χ4n) is 2.21. The molecular formula is C11H20N4OS. The zero-order valence-electron chi connectivity index (χ0n) is 10.2. The van der Waals surface area contributed by atoms with Crippen molar-refractivity contribution in [1.82, 2.24) is 15.1 Å². The molecule has 2 N–H and O–H groups in total. The van der Waals surface area contributed by atoms with Crippen LogP contribution in [0.4, 0.5) is 5.13 Å². The molecule has 1 unspecified atom stereocenters. The second-order valence-electron chi connectivity index (χ2n) is 4.43. The summed E-state index contributed by atoms with van der Waals surface area (Å²) < 4.78 is 0. The summed E-state index contributed by atoms with van der Waals surface area (Å²) in [5.41, 5.74) is 0. The third-order valence-corrected chi connectivity index (χ3v) is 3.93. The highest BCUT2D eigenvalue weighted by molar-refractivity contribution is 7.15. The van der Waals surface area contributed by atoms with Crippen LogP contribution in [0.1, 0.15) is 24.8 Å². The molecule has 0 spiro atoms. The molecule has 1 aliphatic rings. The number of nitrogens with one attached hydrogen (secondary N) is 1. The number of hydrogen-bond donors (Lipinski definition) is 2. The Morgan fingerprint density at radius 2 is 2.41 bits per heavy atom. The van der Waals surface area contributed by atoms with E-state index in [0.29, 0.717) is 12.5 Å². The van der Waals surface area contributed by atoms with Crippen LogP contribution in [-0.4, -0.2) is 46.4 Å². The van der Waals surface area contributed by atoms with Crippen LogP contribution >= 0.6 is 11.3 Å². The molecule has 0 aliphatic carbocycles. The Labute approximate surface area is 106 Å². The molecule has 2 rings (SSSR count). The summed E-state index contributed by atoms with van der Waals surface area (Å²) in [6.45, 7) is 6.34. The van der Waals surface area contributed by atoms with Crippen molar-refractivity contribution < 1.29 is 5.11 Å². The van der Waals surface area contributed by atoms with Gasteiger partial charge in [-0.1, -0.05) is 11.3 Å². The Morgan fingerprint density at radius 1 is 1.53 bits per heavy atom. The highest BCUT2D eigenvalue weighted by Crippen LogP contribution is 2.23. The highest BCUT2D eigenvalue weighted by atomic mass is 32.1. The van der Waals surface area contributed by atoms with Gasteiger partial charge in [0.15, 0.2) is 0 Å². The van der Waals surface area contributed by atoms with E-state index in [1.165, 1.54) is 6.42 Å².